The van der Waals surface area contributed by atoms with E-state index < -0.39 is 0 Å². The zero-order valence-electron chi connectivity index (χ0n) is 12.9. The fourth-order valence-electron chi connectivity index (χ4n) is 3.42. The molecule has 1 fully saturated rings. The average Bonchev–Trinajstić information content (AvgIpc) is 2.53. The first-order valence-corrected chi connectivity index (χ1v) is 8.40. The second kappa shape index (κ2) is 8.46. The number of allylic oxidation sites excluding steroid dienone is 2. The number of nitrogens with one attached hydrogen (secondary N) is 1. The Kier molecular flexibility index (Phi) is 6.58. The smallest absolute Gasteiger partial charge is 0.223 e. The summed E-state index contributed by atoms with van der Waals surface area (Å²) in [6.07, 6.45) is 15.3. The van der Waals surface area contributed by atoms with Crippen LogP contribution in [0.3, 0.4) is 0 Å². The minimum absolute atomic E-state index is 0.219. The lowest BCUT2D eigenvalue weighted by atomic mass is 9.93. The number of carbonyl (C=O) groups is 1. The first kappa shape index (κ1) is 15.6. The minimum atomic E-state index is 0.219. The Hall–Kier alpha value is -0.830. The number of hydrogen-bond donors (Lipinski definition) is 1. The second-order valence-electron chi connectivity index (χ2n) is 6.40. The molecule has 0 radical (unpaired) electrons. The summed E-state index contributed by atoms with van der Waals surface area (Å²) in [5.41, 5.74) is 0. The molecule has 0 heterocycles. The van der Waals surface area contributed by atoms with Crippen molar-refractivity contribution in [3.05, 3.63) is 12.2 Å². The summed E-state index contributed by atoms with van der Waals surface area (Å²) < 4.78 is 0. The number of rotatable bonds is 6. The van der Waals surface area contributed by atoms with Gasteiger partial charge in [0, 0.05) is 18.5 Å². The Balaban J connectivity index is 1.56. The average molecular weight is 278 g/mol. The normalized spacial score (nSPS) is 24.0. The molecule has 0 spiro atoms. The van der Waals surface area contributed by atoms with E-state index in [1.54, 1.807) is 0 Å². The zero-order chi connectivity index (χ0) is 14.2. The topological polar surface area (TPSA) is 32.3 Å². The molecule has 3 nitrogen and oxygen atoms in total. The van der Waals surface area contributed by atoms with Crippen LogP contribution in [0.15, 0.2) is 12.2 Å². The molecule has 2 rings (SSSR count). The Bertz CT molecular complexity index is 321. The molecule has 1 unspecified atom stereocenters. The van der Waals surface area contributed by atoms with Gasteiger partial charge in [0.2, 0.25) is 5.91 Å². The Labute approximate surface area is 123 Å². The lowest BCUT2D eigenvalue weighted by Crippen LogP contribution is -2.37. The van der Waals surface area contributed by atoms with Gasteiger partial charge in [0.25, 0.3) is 0 Å². The molecule has 0 aromatic carbocycles. The third kappa shape index (κ3) is 4.93. The van der Waals surface area contributed by atoms with Crippen LogP contribution in [-0.2, 0) is 4.79 Å². The van der Waals surface area contributed by atoms with E-state index in [2.05, 4.69) is 29.4 Å². The Morgan fingerprint density at radius 1 is 1.20 bits per heavy atom. The maximum Gasteiger partial charge on any atom is 0.223 e. The van der Waals surface area contributed by atoms with Crippen LogP contribution in [0.2, 0.25) is 0 Å². The highest BCUT2D eigenvalue weighted by molar-refractivity contribution is 5.78. The standard InChI is InChI=1S/C17H30N2O/c1-19(16-11-6-3-7-12-16)14-8-13-18-17(20)15-9-4-2-5-10-15/h2,4,15-16H,3,5-14H2,1H3,(H,18,20). The van der Waals surface area contributed by atoms with Crippen molar-refractivity contribution in [3.8, 4) is 0 Å². The number of hydrogen-bond acceptors (Lipinski definition) is 2. The third-order valence-electron chi connectivity index (χ3n) is 4.82. The SMILES string of the molecule is CN(CCCNC(=O)C1CC=CCC1)C1CCCCC1. The Morgan fingerprint density at radius 2 is 2.00 bits per heavy atom. The van der Waals surface area contributed by atoms with Crippen molar-refractivity contribution in [2.24, 2.45) is 5.92 Å². The summed E-state index contributed by atoms with van der Waals surface area (Å²) in [5.74, 6) is 0.478. The van der Waals surface area contributed by atoms with Gasteiger partial charge < -0.3 is 10.2 Å². The van der Waals surface area contributed by atoms with Crippen LogP contribution in [0.1, 0.15) is 57.8 Å². The van der Waals surface area contributed by atoms with Crippen LogP contribution in [-0.4, -0.2) is 37.0 Å². The van der Waals surface area contributed by atoms with Crippen molar-refractivity contribution in [2.75, 3.05) is 20.1 Å². The molecular formula is C17H30N2O. The molecular weight excluding hydrogens is 248 g/mol. The minimum Gasteiger partial charge on any atom is -0.356 e. The summed E-state index contributed by atoms with van der Waals surface area (Å²) in [5, 5.41) is 3.11. The first-order valence-electron chi connectivity index (χ1n) is 8.40. The fraction of sp³-hybridized carbons (Fsp3) is 0.824. The molecule has 3 heteroatoms. The van der Waals surface area contributed by atoms with Crippen LogP contribution in [0, 0.1) is 5.92 Å². The van der Waals surface area contributed by atoms with E-state index in [9.17, 15) is 4.79 Å². The van der Waals surface area contributed by atoms with E-state index in [-0.39, 0.29) is 11.8 Å². The number of amides is 1. The highest BCUT2D eigenvalue weighted by Gasteiger charge is 2.19. The van der Waals surface area contributed by atoms with Crippen LogP contribution in [0.5, 0.6) is 0 Å². The third-order valence-corrected chi connectivity index (χ3v) is 4.82. The molecule has 0 bridgehead atoms. The van der Waals surface area contributed by atoms with E-state index in [4.69, 9.17) is 0 Å². The van der Waals surface area contributed by atoms with E-state index in [0.29, 0.717) is 0 Å². The first-order chi connectivity index (χ1) is 9.77. The summed E-state index contributed by atoms with van der Waals surface area (Å²) in [4.78, 5) is 14.5. The van der Waals surface area contributed by atoms with Crippen molar-refractivity contribution in [3.63, 3.8) is 0 Å². The summed E-state index contributed by atoms with van der Waals surface area (Å²) in [6.45, 7) is 1.94. The maximum absolute atomic E-state index is 12.0. The summed E-state index contributed by atoms with van der Waals surface area (Å²) >= 11 is 0. The molecule has 0 aromatic rings. The molecule has 0 saturated heterocycles. The van der Waals surface area contributed by atoms with Crippen LogP contribution >= 0.6 is 0 Å². The van der Waals surface area contributed by atoms with Gasteiger partial charge in [0.05, 0.1) is 0 Å². The number of nitrogens with zero attached hydrogens (tertiary/aromatic N) is 1. The van der Waals surface area contributed by atoms with Crippen LogP contribution < -0.4 is 5.32 Å². The predicted molar refractivity (Wildman–Crippen MR) is 83.6 cm³/mol. The van der Waals surface area contributed by atoms with Crippen molar-refractivity contribution < 1.29 is 4.79 Å². The molecule has 20 heavy (non-hydrogen) atoms. The predicted octanol–water partition coefficient (Wildman–Crippen LogP) is 3.11. The molecule has 2 aliphatic rings. The molecule has 0 aromatic heterocycles. The second-order valence-corrected chi connectivity index (χ2v) is 6.40. The van der Waals surface area contributed by atoms with E-state index in [1.807, 2.05) is 0 Å². The molecule has 1 saturated carbocycles. The molecule has 114 valence electrons. The fourth-order valence-corrected chi connectivity index (χ4v) is 3.42. The van der Waals surface area contributed by atoms with Crippen molar-refractivity contribution in [2.45, 2.75) is 63.8 Å². The van der Waals surface area contributed by atoms with E-state index in [1.165, 1.54) is 32.1 Å². The monoisotopic (exact) mass is 278 g/mol. The molecule has 0 aliphatic heterocycles. The molecule has 1 atom stereocenters. The van der Waals surface area contributed by atoms with Crippen molar-refractivity contribution in [1.29, 1.82) is 0 Å². The molecule has 1 N–H and O–H groups in total. The van der Waals surface area contributed by atoms with Gasteiger partial charge in [-0.1, -0.05) is 31.4 Å². The quantitative estimate of drug-likeness (QED) is 0.598. The van der Waals surface area contributed by atoms with Crippen molar-refractivity contribution >= 4 is 5.91 Å². The molecule has 1 amide bonds. The van der Waals surface area contributed by atoms with Gasteiger partial charge in [0.15, 0.2) is 0 Å². The van der Waals surface area contributed by atoms with Gasteiger partial charge >= 0.3 is 0 Å². The lowest BCUT2D eigenvalue weighted by Gasteiger charge is -2.31. The largest absolute Gasteiger partial charge is 0.356 e. The molecule has 2 aliphatic carbocycles. The summed E-state index contributed by atoms with van der Waals surface area (Å²) in [6, 6.07) is 0.780. The Morgan fingerprint density at radius 3 is 2.70 bits per heavy atom. The van der Waals surface area contributed by atoms with Gasteiger partial charge in [-0.05, 0) is 52.1 Å². The lowest BCUT2D eigenvalue weighted by molar-refractivity contribution is -0.125. The van der Waals surface area contributed by atoms with Crippen molar-refractivity contribution in [1.82, 2.24) is 10.2 Å². The van der Waals surface area contributed by atoms with Gasteiger partial charge in [-0.25, -0.2) is 0 Å². The van der Waals surface area contributed by atoms with E-state index in [0.717, 1.165) is 44.8 Å². The van der Waals surface area contributed by atoms with Gasteiger partial charge in [-0.15, -0.1) is 0 Å². The van der Waals surface area contributed by atoms with Gasteiger partial charge in [0.1, 0.15) is 0 Å². The van der Waals surface area contributed by atoms with Crippen LogP contribution in [0.4, 0.5) is 0 Å². The zero-order valence-corrected chi connectivity index (χ0v) is 12.9. The van der Waals surface area contributed by atoms with Gasteiger partial charge in [-0.2, -0.15) is 0 Å². The highest BCUT2D eigenvalue weighted by Crippen LogP contribution is 2.21. The maximum atomic E-state index is 12.0. The van der Waals surface area contributed by atoms with E-state index >= 15 is 0 Å². The number of carbonyl (C=O) groups excluding carboxylic acids is 1. The summed E-state index contributed by atoms with van der Waals surface area (Å²) in [7, 11) is 2.24. The highest BCUT2D eigenvalue weighted by atomic mass is 16.1. The van der Waals surface area contributed by atoms with Gasteiger partial charge in [-0.3, -0.25) is 4.79 Å². The van der Waals surface area contributed by atoms with Crippen LogP contribution in [0.25, 0.3) is 0 Å².